The highest BCUT2D eigenvalue weighted by molar-refractivity contribution is 5.88. The summed E-state index contributed by atoms with van der Waals surface area (Å²) in [4.78, 5) is 21.8. The predicted molar refractivity (Wildman–Crippen MR) is 110 cm³/mol. The number of aromatic amines is 1. The number of para-hydroxylation sites is 1. The van der Waals surface area contributed by atoms with Gasteiger partial charge in [-0.1, -0.05) is 18.2 Å². The fraction of sp³-hybridized carbons (Fsp3) is 0.609. The van der Waals surface area contributed by atoms with Crippen LogP contribution in [0.2, 0.25) is 0 Å². The van der Waals surface area contributed by atoms with Gasteiger partial charge in [-0.05, 0) is 74.9 Å². The summed E-state index contributed by atoms with van der Waals surface area (Å²) < 4.78 is 0. The SMILES string of the molecule is O=C1N(C2CCC(O)CC2)CCCC12CCCN2Cc1cccc2cc[nH]c12. The summed E-state index contributed by atoms with van der Waals surface area (Å²) in [5, 5.41) is 11.1. The van der Waals surface area contributed by atoms with Gasteiger partial charge in [-0.15, -0.1) is 0 Å². The first-order valence-electron chi connectivity index (χ1n) is 11.0. The summed E-state index contributed by atoms with van der Waals surface area (Å²) in [6.45, 7) is 2.72. The van der Waals surface area contributed by atoms with Gasteiger partial charge in [0.25, 0.3) is 0 Å². The molecule has 1 spiro atoms. The van der Waals surface area contributed by atoms with E-state index in [0.29, 0.717) is 11.9 Å². The molecule has 3 heterocycles. The van der Waals surface area contributed by atoms with E-state index in [1.165, 1.54) is 16.5 Å². The Morgan fingerprint density at radius 3 is 2.68 bits per heavy atom. The molecule has 1 saturated carbocycles. The second-order valence-corrected chi connectivity index (χ2v) is 8.98. The number of aliphatic hydroxyl groups excluding tert-OH is 1. The summed E-state index contributed by atoms with van der Waals surface area (Å²) in [7, 11) is 0. The molecule has 1 aromatic heterocycles. The molecule has 2 aliphatic heterocycles. The van der Waals surface area contributed by atoms with E-state index >= 15 is 0 Å². The quantitative estimate of drug-likeness (QED) is 0.856. The third kappa shape index (κ3) is 2.96. The largest absolute Gasteiger partial charge is 0.393 e. The van der Waals surface area contributed by atoms with Crippen LogP contribution in [0, 0.1) is 0 Å². The Bertz CT molecular complexity index is 854. The third-order valence-corrected chi connectivity index (χ3v) is 7.41. The predicted octanol–water partition coefficient (Wildman–Crippen LogP) is 3.43. The molecule has 1 aliphatic carbocycles. The molecule has 5 heteroatoms. The molecular weight excluding hydrogens is 350 g/mol. The number of carbonyl (C=O) groups is 1. The van der Waals surface area contributed by atoms with E-state index in [0.717, 1.165) is 71.0 Å². The minimum Gasteiger partial charge on any atom is -0.393 e. The van der Waals surface area contributed by atoms with Crippen LogP contribution in [0.3, 0.4) is 0 Å². The van der Waals surface area contributed by atoms with E-state index in [2.05, 4.69) is 39.0 Å². The Morgan fingerprint density at radius 2 is 1.86 bits per heavy atom. The number of fused-ring (bicyclic) bond motifs is 1. The van der Waals surface area contributed by atoms with Gasteiger partial charge in [0.1, 0.15) is 5.54 Å². The maximum Gasteiger partial charge on any atom is 0.243 e. The van der Waals surface area contributed by atoms with Gasteiger partial charge in [0.05, 0.1) is 6.10 Å². The number of nitrogens with one attached hydrogen (secondary N) is 1. The highest BCUT2D eigenvalue weighted by atomic mass is 16.3. The lowest BCUT2D eigenvalue weighted by atomic mass is 9.82. The van der Waals surface area contributed by atoms with Gasteiger partial charge >= 0.3 is 0 Å². The zero-order chi connectivity index (χ0) is 19.1. The monoisotopic (exact) mass is 381 g/mol. The average molecular weight is 382 g/mol. The number of hydrogen-bond acceptors (Lipinski definition) is 3. The Labute approximate surface area is 166 Å². The zero-order valence-electron chi connectivity index (χ0n) is 16.6. The molecule has 1 unspecified atom stereocenters. The molecule has 1 aromatic carbocycles. The lowest BCUT2D eigenvalue weighted by Gasteiger charge is -2.48. The number of aliphatic hydroxyl groups is 1. The van der Waals surface area contributed by atoms with Crippen molar-refractivity contribution >= 4 is 16.8 Å². The van der Waals surface area contributed by atoms with E-state index in [1.807, 2.05) is 6.20 Å². The van der Waals surface area contributed by atoms with Crippen LogP contribution in [0.15, 0.2) is 30.5 Å². The molecular formula is C23H31N3O2. The van der Waals surface area contributed by atoms with Gasteiger partial charge in [0.15, 0.2) is 0 Å². The molecule has 3 aliphatic rings. The highest BCUT2D eigenvalue weighted by Gasteiger charge is 2.52. The fourth-order valence-electron chi connectivity index (χ4n) is 5.91. The third-order valence-electron chi connectivity index (χ3n) is 7.41. The lowest BCUT2D eigenvalue weighted by Crippen LogP contribution is -2.62. The van der Waals surface area contributed by atoms with Gasteiger partial charge in [0, 0.05) is 30.8 Å². The second-order valence-electron chi connectivity index (χ2n) is 8.98. The number of piperidine rings is 1. The molecule has 150 valence electrons. The maximum absolute atomic E-state index is 13.8. The number of aromatic nitrogens is 1. The molecule has 2 aromatic rings. The van der Waals surface area contributed by atoms with Crippen LogP contribution in [0.25, 0.3) is 10.9 Å². The minimum atomic E-state index is -0.316. The minimum absolute atomic E-state index is 0.172. The summed E-state index contributed by atoms with van der Waals surface area (Å²) in [5.74, 6) is 0.358. The molecule has 1 atom stereocenters. The molecule has 1 amide bonds. The van der Waals surface area contributed by atoms with Crippen molar-refractivity contribution in [2.24, 2.45) is 0 Å². The number of benzene rings is 1. The van der Waals surface area contributed by atoms with Crippen LogP contribution in [-0.4, -0.2) is 56.6 Å². The molecule has 0 radical (unpaired) electrons. The van der Waals surface area contributed by atoms with Gasteiger partial charge in [-0.3, -0.25) is 9.69 Å². The molecule has 5 nitrogen and oxygen atoms in total. The van der Waals surface area contributed by atoms with E-state index in [4.69, 9.17) is 0 Å². The van der Waals surface area contributed by atoms with Crippen LogP contribution in [-0.2, 0) is 11.3 Å². The summed E-state index contributed by atoms with van der Waals surface area (Å²) in [5.41, 5.74) is 2.17. The number of likely N-dealkylation sites (tertiary alicyclic amines) is 2. The van der Waals surface area contributed by atoms with Gasteiger partial charge < -0.3 is 15.0 Å². The first kappa shape index (κ1) is 18.2. The summed E-state index contributed by atoms with van der Waals surface area (Å²) in [6, 6.07) is 8.89. The highest BCUT2D eigenvalue weighted by Crippen LogP contribution is 2.41. The van der Waals surface area contributed by atoms with Crippen LogP contribution >= 0.6 is 0 Å². The van der Waals surface area contributed by atoms with Crippen molar-refractivity contribution in [2.75, 3.05) is 13.1 Å². The Hall–Kier alpha value is -1.85. The number of H-pyrrole nitrogens is 1. The number of hydrogen-bond donors (Lipinski definition) is 2. The second kappa shape index (κ2) is 7.20. The normalized spacial score (nSPS) is 31.9. The van der Waals surface area contributed by atoms with Gasteiger partial charge in [0.2, 0.25) is 5.91 Å². The van der Waals surface area contributed by atoms with Crippen LogP contribution in [0.5, 0.6) is 0 Å². The van der Waals surface area contributed by atoms with Crippen molar-refractivity contribution in [1.29, 1.82) is 0 Å². The lowest BCUT2D eigenvalue weighted by molar-refractivity contribution is -0.152. The standard InChI is InChI=1S/C23H31N3O2/c27-20-8-6-19(7-9-20)26-15-3-12-23(22(26)28)11-2-14-25(23)16-18-5-1-4-17-10-13-24-21(17)18/h1,4-5,10,13,19-20,24,27H,2-3,6-9,11-12,14-16H2. The average Bonchev–Trinajstić information content (AvgIpc) is 3.34. The van der Waals surface area contributed by atoms with Crippen LogP contribution < -0.4 is 0 Å². The number of nitrogens with zero attached hydrogens (tertiary/aromatic N) is 2. The first-order valence-corrected chi connectivity index (χ1v) is 11.0. The Kier molecular flexibility index (Phi) is 4.68. The van der Waals surface area contributed by atoms with Crippen molar-refractivity contribution in [1.82, 2.24) is 14.8 Å². The summed E-state index contributed by atoms with van der Waals surface area (Å²) >= 11 is 0. The summed E-state index contributed by atoms with van der Waals surface area (Å²) in [6.07, 6.45) is 9.55. The molecule has 0 bridgehead atoms. The van der Waals surface area contributed by atoms with Gasteiger partial charge in [-0.2, -0.15) is 0 Å². The molecule has 3 fully saturated rings. The molecule has 2 saturated heterocycles. The van der Waals surface area contributed by atoms with Gasteiger partial charge in [-0.25, -0.2) is 0 Å². The number of rotatable bonds is 3. The Morgan fingerprint density at radius 1 is 1.07 bits per heavy atom. The number of amides is 1. The maximum atomic E-state index is 13.8. The molecule has 2 N–H and O–H groups in total. The molecule has 28 heavy (non-hydrogen) atoms. The van der Waals surface area contributed by atoms with Crippen molar-refractivity contribution in [3.05, 3.63) is 36.0 Å². The Balaban J connectivity index is 1.39. The van der Waals surface area contributed by atoms with Crippen LogP contribution in [0.1, 0.15) is 56.9 Å². The van der Waals surface area contributed by atoms with Crippen LogP contribution in [0.4, 0.5) is 0 Å². The van der Waals surface area contributed by atoms with E-state index in [1.54, 1.807) is 0 Å². The van der Waals surface area contributed by atoms with E-state index in [9.17, 15) is 9.90 Å². The molecule has 5 rings (SSSR count). The van der Waals surface area contributed by atoms with Crippen molar-refractivity contribution < 1.29 is 9.90 Å². The topological polar surface area (TPSA) is 59.6 Å². The van der Waals surface area contributed by atoms with Crippen molar-refractivity contribution in [3.63, 3.8) is 0 Å². The van der Waals surface area contributed by atoms with Crippen molar-refractivity contribution in [3.8, 4) is 0 Å². The first-order chi connectivity index (χ1) is 13.7. The zero-order valence-corrected chi connectivity index (χ0v) is 16.6. The van der Waals surface area contributed by atoms with Crippen molar-refractivity contribution in [2.45, 2.75) is 75.6 Å². The fourth-order valence-corrected chi connectivity index (χ4v) is 5.91. The van der Waals surface area contributed by atoms with E-state index in [-0.39, 0.29) is 11.6 Å². The number of carbonyl (C=O) groups excluding carboxylic acids is 1. The van der Waals surface area contributed by atoms with E-state index < -0.39 is 0 Å². The smallest absolute Gasteiger partial charge is 0.243 e.